The fraction of sp³-hybridized carbons (Fsp3) is 0.615. The molecule has 1 aliphatic rings. The van der Waals surface area contributed by atoms with Gasteiger partial charge in [-0.15, -0.1) is 11.3 Å². The number of carbonyl (C=O) groups is 1. The van der Waals surface area contributed by atoms with Crippen molar-refractivity contribution in [1.82, 2.24) is 0 Å². The summed E-state index contributed by atoms with van der Waals surface area (Å²) >= 11 is 1.39. The highest BCUT2D eigenvalue weighted by Gasteiger charge is 2.30. The van der Waals surface area contributed by atoms with Crippen LogP contribution in [0.3, 0.4) is 0 Å². The van der Waals surface area contributed by atoms with Crippen LogP contribution < -0.4 is 11.5 Å². The number of hydrogen-bond donors (Lipinski definition) is 2. The number of fused-ring (bicyclic) bond motifs is 1. The van der Waals surface area contributed by atoms with E-state index in [1.165, 1.54) is 11.3 Å². The molecule has 2 rings (SSSR count). The van der Waals surface area contributed by atoms with E-state index < -0.39 is 5.60 Å². The highest BCUT2D eigenvalue weighted by Crippen LogP contribution is 2.36. The predicted octanol–water partition coefficient (Wildman–Crippen LogP) is 1.69. The van der Waals surface area contributed by atoms with Crippen molar-refractivity contribution in [3.8, 4) is 0 Å². The molecule has 4 N–H and O–H groups in total. The van der Waals surface area contributed by atoms with Gasteiger partial charge >= 0.3 is 5.97 Å². The van der Waals surface area contributed by atoms with Crippen LogP contribution in [0.1, 0.15) is 41.6 Å². The van der Waals surface area contributed by atoms with Crippen molar-refractivity contribution in [3.63, 3.8) is 0 Å². The Morgan fingerprint density at radius 1 is 1.53 bits per heavy atom. The van der Waals surface area contributed by atoms with E-state index >= 15 is 0 Å². The first kappa shape index (κ1) is 14.3. The van der Waals surface area contributed by atoms with E-state index in [0.29, 0.717) is 30.1 Å². The predicted molar refractivity (Wildman–Crippen MR) is 75.2 cm³/mol. The van der Waals surface area contributed by atoms with Gasteiger partial charge in [0.2, 0.25) is 0 Å². The highest BCUT2D eigenvalue weighted by atomic mass is 32.1. The number of hydrogen-bond acceptors (Lipinski definition) is 6. The molecule has 19 heavy (non-hydrogen) atoms. The van der Waals surface area contributed by atoms with Gasteiger partial charge in [0.05, 0.1) is 18.3 Å². The Morgan fingerprint density at radius 2 is 2.21 bits per heavy atom. The summed E-state index contributed by atoms with van der Waals surface area (Å²) in [6.07, 6.45) is 0.566. The largest absolute Gasteiger partial charge is 0.456 e. The van der Waals surface area contributed by atoms with Gasteiger partial charge in [-0.25, -0.2) is 4.79 Å². The van der Waals surface area contributed by atoms with Crippen LogP contribution in [0.2, 0.25) is 0 Å². The lowest BCUT2D eigenvalue weighted by molar-refractivity contribution is 0.00635. The number of nitrogen functional groups attached to an aromatic ring is 1. The van der Waals surface area contributed by atoms with Crippen molar-refractivity contribution in [2.45, 2.75) is 45.5 Å². The topological polar surface area (TPSA) is 87.6 Å². The average Bonchev–Trinajstić information content (AvgIpc) is 2.61. The van der Waals surface area contributed by atoms with Crippen molar-refractivity contribution < 1.29 is 14.3 Å². The molecule has 1 aliphatic heterocycles. The van der Waals surface area contributed by atoms with Crippen LogP contribution >= 0.6 is 11.3 Å². The lowest BCUT2D eigenvalue weighted by Gasteiger charge is -2.23. The van der Waals surface area contributed by atoms with Crippen LogP contribution in [0, 0.1) is 0 Å². The zero-order valence-corrected chi connectivity index (χ0v) is 12.3. The highest BCUT2D eigenvalue weighted by molar-refractivity contribution is 7.16. The average molecular weight is 284 g/mol. The number of esters is 1. The van der Waals surface area contributed by atoms with E-state index in [0.717, 1.165) is 10.4 Å². The maximum Gasteiger partial charge on any atom is 0.341 e. The summed E-state index contributed by atoms with van der Waals surface area (Å²) in [4.78, 5) is 13.2. The Labute approximate surface area is 116 Å². The Bertz CT molecular complexity index is 491. The molecule has 5 nitrogen and oxygen atoms in total. The Kier molecular flexibility index (Phi) is 3.85. The Balaban J connectivity index is 2.31. The molecule has 1 aromatic rings. The van der Waals surface area contributed by atoms with Gasteiger partial charge in [-0.05, 0) is 26.3 Å². The Hall–Kier alpha value is -1.11. The Morgan fingerprint density at radius 3 is 2.79 bits per heavy atom. The van der Waals surface area contributed by atoms with Gasteiger partial charge in [-0.3, -0.25) is 0 Å². The second-order valence-electron chi connectivity index (χ2n) is 5.62. The molecule has 0 fully saturated rings. The number of carbonyl (C=O) groups excluding carboxylic acids is 1. The van der Waals surface area contributed by atoms with Crippen molar-refractivity contribution in [3.05, 3.63) is 16.0 Å². The van der Waals surface area contributed by atoms with Crippen LogP contribution in [0.5, 0.6) is 0 Å². The van der Waals surface area contributed by atoms with E-state index in [9.17, 15) is 4.79 Å². The summed E-state index contributed by atoms with van der Waals surface area (Å²) in [6, 6.07) is 0. The lowest BCUT2D eigenvalue weighted by Crippen LogP contribution is -2.31. The third-order valence-electron chi connectivity index (χ3n) is 2.87. The number of anilines is 1. The molecule has 106 valence electrons. The van der Waals surface area contributed by atoms with Crippen LogP contribution in [0.25, 0.3) is 0 Å². The molecular formula is C13H20N2O3S. The van der Waals surface area contributed by atoms with E-state index in [-0.39, 0.29) is 12.1 Å². The van der Waals surface area contributed by atoms with Crippen molar-refractivity contribution in [2.24, 2.45) is 5.73 Å². The minimum atomic E-state index is -0.531. The molecule has 1 atom stereocenters. The van der Waals surface area contributed by atoms with Gasteiger partial charge in [-0.1, -0.05) is 0 Å². The van der Waals surface area contributed by atoms with Crippen LogP contribution in [0.4, 0.5) is 5.00 Å². The summed E-state index contributed by atoms with van der Waals surface area (Å²) in [7, 11) is 0. The normalized spacial score (nSPS) is 19.1. The third kappa shape index (κ3) is 3.08. The maximum atomic E-state index is 12.2. The number of rotatable bonds is 2. The zero-order chi connectivity index (χ0) is 14.2. The van der Waals surface area contributed by atoms with Crippen LogP contribution in [0.15, 0.2) is 0 Å². The fourth-order valence-corrected chi connectivity index (χ4v) is 3.06. The number of nitrogens with two attached hydrogens (primary N) is 2. The first-order chi connectivity index (χ1) is 8.81. The monoisotopic (exact) mass is 284 g/mol. The van der Waals surface area contributed by atoms with E-state index in [1.807, 2.05) is 20.8 Å². The molecular weight excluding hydrogens is 264 g/mol. The van der Waals surface area contributed by atoms with Gasteiger partial charge < -0.3 is 20.9 Å². The SMILES string of the molecule is CC(C)(C)OC(=O)c1c(N)sc2c1CC(CN)OC2. The summed E-state index contributed by atoms with van der Waals surface area (Å²) in [6.45, 7) is 6.42. The molecule has 2 heterocycles. The lowest BCUT2D eigenvalue weighted by atomic mass is 10.0. The molecule has 6 heteroatoms. The number of ether oxygens (including phenoxy) is 2. The van der Waals surface area contributed by atoms with E-state index in [4.69, 9.17) is 20.9 Å². The first-order valence-electron chi connectivity index (χ1n) is 6.27. The summed E-state index contributed by atoms with van der Waals surface area (Å²) in [5, 5.41) is 0.500. The minimum Gasteiger partial charge on any atom is -0.456 e. The van der Waals surface area contributed by atoms with E-state index in [2.05, 4.69) is 0 Å². The van der Waals surface area contributed by atoms with E-state index in [1.54, 1.807) is 0 Å². The van der Waals surface area contributed by atoms with Crippen LogP contribution in [-0.2, 0) is 22.5 Å². The molecule has 0 amide bonds. The van der Waals surface area contributed by atoms with Gasteiger partial charge in [-0.2, -0.15) is 0 Å². The van der Waals surface area contributed by atoms with Gasteiger partial charge in [0, 0.05) is 17.8 Å². The molecule has 0 bridgehead atoms. The molecule has 1 unspecified atom stereocenters. The number of thiophene rings is 1. The van der Waals surface area contributed by atoms with Crippen LogP contribution in [-0.4, -0.2) is 24.2 Å². The molecule has 0 spiro atoms. The second-order valence-corrected chi connectivity index (χ2v) is 6.75. The third-order valence-corrected chi connectivity index (χ3v) is 3.90. The molecule has 0 aromatic carbocycles. The summed E-state index contributed by atoms with van der Waals surface area (Å²) in [5.41, 5.74) is 12.5. The van der Waals surface area contributed by atoms with Gasteiger partial charge in [0.25, 0.3) is 0 Å². The van der Waals surface area contributed by atoms with Crippen molar-refractivity contribution >= 4 is 22.3 Å². The van der Waals surface area contributed by atoms with Crippen molar-refractivity contribution in [1.29, 1.82) is 0 Å². The molecule has 1 aromatic heterocycles. The first-order valence-corrected chi connectivity index (χ1v) is 7.08. The molecule has 0 radical (unpaired) electrons. The smallest absolute Gasteiger partial charge is 0.341 e. The van der Waals surface area contributed by atoms with Gasteiger partial charge in [0.1, 0.15) is 10.6 Å². The molecule has 0 aliphatic carbocycles. The molecule has 0 saturated carbocycles. The van der Waals surface area contributed by atoms with Crippen molar-refractivity contribution in [2.75, 3.05) is 12.3 Å². The van der Waals surface area contributed by atoms with Gasteiger partial charge in [0.15, 0.2) is 0 Å². The standard InChI is InChI=1S/C13H20N2O3S/c1-13(2,3)18-12(16)10-8-4-7(5-14)17-6-9(8)19-11(10)15/h7H,4-6,14-15H2,1-3H3. The molecule has 0 saturated heterocycles. The second kappa shape index (κ2) is 5.11. The quantitative estimate of drug-likeness (QED) is 0.807. The fourth-order valence-electron chi connectivity index (χ4n) is 2.05. The maximum absolute atomic E-state index is 12.2. The summed E-state index contributed by atoms with van der Waals surface area (Å²) in [5.74, 6) is -0.361. The summed E-state index contributed by atoms with van der Waals surface area (Å²) < 4.78 is 11.0. The zero-order valence-electron chi connectivity index (χ0n) is 11.5. The minimum absolute atomic E-state index is 0.0531.